The van der Waals surface area contributed by atoms with E-state index >= 15 is 0 Å². The number of hydrogen-bond donors (Lipinski definition) is 2. The van der Waals surface area contributed by atoms with Crippen LogP contribution >= 0.6 is 11.6 Å². The average Bonchev–Trinajstić information content (AvgIpc) is 2.34. The van der Waals surface area contributed by atoms with E-state index in [1.807, 2.05) is 13.0 Å². The van der Waals surface area contributed by atoms with Crippen LogP contribution in [0.3, 0.4) is 0 Å². The third-order valence-corrected chi connectivity index (χ3v) is 3.64. The molecular weight excluding hydrogens is 250 g/mol. The minimum atomic E-state index is 0.0429. The zero-order valence-electron chi connectivity index (χ0n) is 10.7. The molecule has 2 atom stereocenters. The first-order valence-corrected chi connectivity index (χ1v) is 6.61. The number of carbonyl (C=O) groups excluding carboxylic acids is 1. The maximum absolute atomic E-state index is 12.2. The van der Waals surface area contributed by atoms with Crippen molar-refractivity contribution < 1.29 is 4.79 Å². The molecule has 18 heavy (non-hydrogen) atoms. The van der Waals surface area contributed by atoms with Crippen molar-refractivity contribution in [1.29, 1.82) is 0 Å². The number of nitrogens with one attached hydrogen (secondary N) is 2. The lowest BCUT2D eigenvalue weighted by atomic mass is 9.92. The summed E-state index contributed by atoms with van der Waals surface area (Å²) in [6.07, 6.45) is 3.37. The summed E-state index contributed by atoms with van der Waals surface area (Å²) in [6.45, 7) is 4.90. The summed E-state index contributed by atoms with van der Waals surface area (Å²) in [5, 5.41) is 6.59. The van der Waals surface area contributed by atoms with E-state index in [-0.39, 0.29) is 11.8 Å². The van der Waals surface area contributed by atoms with Crippen LogP contribution in [-0.2, 0) is 4.79 Å². The second-order valence-electron chi connectivity index (χ2n) is 4.86. The largest absolute Gasteiger partial charge is 0.323 e. The molecule has 0 spiro atoms. The Labute approximate surface area is 112 Å². The first-order valence-electron chi connectivity index (χ1n) is 6.23. The van der Waals surface area contributed by atoms with Crippen molar-refractivity contribution in [3.05, 3.63) is 23.0 Å². The smallest absolute Gasteiger partial charge is 0.227 e. The molecule has 1 aliphatic rings. The number of amides is 1. The molecule has 5 heteroatoms. The van der Waals surface area contributed by atoms with Gasteiger partial charge in [-0.25, -0.2) is 4.98 Å². The van der Waals surface area contributed by atoms with E-state index in [4.69, 9.17) is 11.6 Å². The van der Waals surface area contributed by atoms with Gasteiger partial charge in [0.15, 0.2) is 5.15 Å². The van der Waals surface area contributed by atoms with Gasteiger partial charge < -0.3 is 10.6 Å². The first kappa shape index (κ1) is 13.3. The van der Waals surface area contributed by atoms with Crippen LogP contribution in [0.2, 0.25) is 5.15 Å². The molecule has 0 radical (unpaired) electrons. The van der Waals surface area contributed by atoms with E-state index in [0.29, 0.717) is 16.9 Å². The predicted molar refractivity (Wildman–Crippen MR) is 72.8 cm³/mol. The van der Waals surface area contributed by atoms with Gasteiger partial charge in [-0.15, -0.1) is 0 Å². The molecule has 1 aromatic rings. The minimum Gasteiger partial charge on any atom is -0.323 e. The second kappa shape index (κ2) is 5.67. The first-order chi connectivity index (χ1) is 8.58. The van der Waals surface area contributed by atoms with Gasteiger partial charge in [0.25, 0.3) is 0 Å². The van der Waals surface area contributed by atoms with Crippen molar-refractivity contribution in [3.8, 4) is 0 Å². The van der Waals surface area contributed by atoms with Gasteiger partial charge in [0.05, 0.1) is 5.69 Å². The Morgan fingerprint density at radius 1 is 1.61 bits per heavy atom. The molecule has 0 bridgehead atoms. The third-order valence-electron chi connectivity index (χ3n) is 3.36. The van der Waals surface area contributed by atoms with Crippen LogP contribution in [0.25, 0.3) is 0 Å². The predicted octanol–water partition coefficient (Wildman–Crippen LogP) is 2.37. The summed E-state index contributed by atoms with van der Waals surface area (Å²) in [6, 6.07) is 2.23. The number of aromatic nitrogens is 1. The number of carbonyl (C=O) groups is 1. The van der Waals surface area contributed by atoms with Crippen LogP contribution in [0.4, 0.5) is 5.69 Å². The molecule has 1 saturated heterocycles. The van der Waals surface area contributed by atoms with Crippen molar-refractivity contribution in [3.63, 3.8) is 0 Å². The molecule has 0 aromatic carbocycles. The van der Waals surface area contributed by atoms with E-state index in [1.165, 1.54) is 0 Å². The second-order valence-corrected chi connectivity index (χ2v) is 5.22. The fraction of sp³-hybridized carbons (Fsp3) is 0.538. The Morgan fingerprint density at radius 2 is 2.39 bits per heavy atom. The van der Waals surface area contributed by atoms with Gasteiger partial charge in [-0.2, -0.15) is 0 Å². The highest BCUT2D eigenvalue weighted by atomic mass is 35.5. The number of nitrogens with zero attached hydrogens (tertiary/aromatic N) is 1. The average molecular weight is 268 g/mol. The number of pyridine rings is 1. The molecule has 0 aliphatic carbocycles. The van der Waals surface area contributed by atoms with Gasteiger partial charge in [-0.3, -0.25) is 4.79 Å². The van der Waals surface area contributed by atoms with E-state index in [9.17, 15) is 4.79 Å². The van der Waals surface area contributed by atoms with E-state index in [0.717, 1.165) is 24.9 Å². The molecular formula is C13H18ClN3O. The monoisotopic (exact) mass is 267 g/mol. The molecule has 98 valence electrons. The van der Waals surface area contributed by atoms with Crippen LogP contribution in [0.15, 0.2) is 12.3 Å². The fourth-order valence-electron chi connectivity index (χ4n) is 2.27. The lowest BCUT2D eigenvalue weighted by Crippen LogP contribution is -2.40. The van der Waals surface area contributed by atoms with Gasteiger partial charge >= 0.3 is 0 Å². The van der Waals surface area contributed by atoms with E-state index in [1.54, 1.807) is 6.20 Å². The Bertz CT molecular complexity index is 430. The standard InChI is InChI=1S/C13H18ClN3O/c1-8-3-5-16-12(14)11(8)17-13(18)10-4-6-15-9(2)7-10/h3,5,9-10,15H,4,6-7H2,1-2H3,(H,17,18). The highest BCUT2D eigenvalue weighted by Gasteiger charge is 2.25. The van der Waals surface area contributed by atoms with E-state index < -0.39 is 0 Å². The number of piperidine rings is 1. The van der Waals surface area contributed by atoms with Crippen LogP contribution in [-0.4, -0.2) is 23.5 Å². The van der Waals surface area contributed by atoms with Crippen LogP contribution in [0.5, 0.6) is 0 Å². The summed E-state index contributed by atoms with van der Waals surface area (Å²) in [5.41, 5.74) is 1.57. The topological polar surface area (TPSA) is 54.0 Å². The minimum absolute atomic E-state index is 0.0429. The zero-order chi connectivity index (χ0) is 13.1. The van der Waals surface area contributed by atoms with Crippen molar-refractivity contribution in [1.82, 2.24) is 10.3 Å². The van der Waals surface area contributed by atoms with Crippen LogP contribution < -0.4 is 10.6 Å². The molecule has 2 heterocycles. The maximum atomic E-state index is 12.2. The number of hydrogen-bond acceptors (Lipinski definition) is 3. The highest BCUT2D eigenvalue weighted by Crippen LogP contribution is 2.25. The Hall–Kier alpha value is -1.13. The lowest BCUT2D eigenvalue weighted by molar-refractivity contribution is -0.120. The normalized spacial score (nSPS) is 23.7. The molecule has 1 aromatic heterocycles. The molecule has 0 saturated carbocycles. The zero-order valence-corrected chi connectivity index (χ0v) is 11.4. The molecule has 1 fully saturated rings. The van der Waals surface area contributed by atoms with Gasteiger partial charge in [-0.05, 0) is 44.9 Å². The molecule has 2 N–H and O–H groups in total. The molecule has 4 nitrogen and oxygen atoms in total. The molecule has 2 unspecified atom stereocenters. The van der Waals surface area contributed by atoms with Crippen molar-refractivity contribution in [2.24, 2.45) is 5.92 Å². The SMILES string of the molecule is Cc1ccnc(Cl)c1NC(=O)C1CCNC(C)C1. The summed E-state index contributed by atoms with van der Waals surface area (Å²) < 4.78 is 0. The summed E-state index contributed by atoms with van der Waals surface area (Å²) in [4.78, 5) is 16.2. The number of anilines is 1. The molecule has 1 aliphatic heterocycles. The van der Waals surface area contributed by atoms with Gasteiger partial charge in [-0.1, -0.05) is 11.6 Å². The maximum Gasteiger partial charge on any atom is 0.227 e. The van der Waals surface area contributed by atoms with Crippen LogP contribution in [0, 0.1) is 12.8 Å². The van der Waals surface area contributed by atoms with Crippen LogP contribution in [0.1, 0.15) is 25.3 Å². The Morgan fingerprint density at radius 3 is 3.06 bits per heavy atom. The van der Waals surface area contributed by atoms with Crippen molar-refractivity contribution >= 4 is 23.2 Å². The Kier molecular flexibility index (Phi) is 4.19. The summed E-state index contributed by atoms with van der Waals surface area (Å²) in [7, 11) is 0. The highest BCUT2D eigenvalue weighted by molar-refractivity contribution is 6.32. The molecule has 1 amide bonds. The number of aryl methyl sites for hydroxylation is 1. The fourth-order valence-corrected chi connectivity index (χ4v) is 2.52. The Balaban J connectivity index is 2.07. The number of rotatable bonds is 2. The van der Waals surface area contributed by atoms with Gasteiger partial charge in [0.1, 0.15) is 0 Å². The third kappa shape index (κ3) is 3.00. The van der Waals surface area contributed by atoms with Crippen molar-refractivity contribution in [2.45, 2.75) is 32.7 Å². The van der Waals surface area contributed by atoms with E-state index in [2.05, 4.69) is 22.5 Å². The number of halogens is 1. The van der Waals surface area contributed by atoms with Crippen molar-refractivity contribution in [2.75, 3.05) is 11.9 Å². The summed E-state index contributed by atoms with van der Waals surface area (Å²) in [5.74, 6) is 0.0956. The quantitative estimate of drug-likeness (QED) is 0.809. The van der Waals surface area contributed by atoms with Gasteiger partial charge in [0, 0.05) is 18.2 Å². The van der Waals surface area contributed by atoms with Gasteiger partial charge in [0.2, 0.25) is 5.91 Å². The lowest BCUT2D eigenvalue weighted by Gasteiger charge is -2.27. The molecule has 2 rings (SSSR count). The summed E-state index contributed by atoms with van der Waals surface area (Å²) >= 11 is 6.00.